The lowest BCUT2D eigenvalue weighted by Gasteiger charge is -2.40. The number of hydrogen-bond donors (Lipinski definition) is 8. The van der Waals surface area contributed by atoms with Gasteiger partial charge in [-0.05, 0) is 64.2 Å². The maximum Gasteiger partial charge on any atom is 0.249 e. The minimum atomic E-state index is -1.67. The van der Waals surface area contributed by atoms with Gasteiger partial charge in [-0.1, -0.05) is 224 Å². The molecule has 1 heterocycles. The molecule has 1 rings (SSSR count). The Bertz CT molecular complexity index is 1160. The number of allylic oxidation sites excluding steroid dienone is 4. The van der Waals surface area contributed by atoms with E-state index in [2.05, 4.69) is 43.5 Å². The Labute approximate surface area is 416 Å². The van der Waals surface area contributed by atoms with Crippen molar-refractivity contribution in [3.63, 3.8) is 0 Å². The van der Waals surface area contributed by atoms with Gasteiger partial charge in [0.2, 0.25) is 5.91 Å². The van der Waals surface area contributed by atoms with Crippen molar-refractivity contribution in [2.24, 2.45) is 0 Å². The molecule has 0 saturated carbocycles. The summed E-state index contributed by atoms with van der Waals surface area (Å²) in [5.41, 5.74) is 0. The van der Waals surface area contributed by atoms with Crippen LogP contribution in [0.15, 0.2) is 24.3 Å². The van der Waals surface area contributed by atoms with Gasteiger partial charge in [-0.3, -0.25) is 4.79 Å². The van der Waals surface area contributed by atoms with Crippen molar-refractivity contribution in [3.05, 3.63) is 24.3 Å². The van der Waals surface area contributed by atoms with Crippen molar-refractivity contribution in [3.8, 4) is 0 Å². The highest BCUT2D eigenvalue weighted by Gasteiger charge is 2.44. The molecule has 0 aliphatic carbocycles. The van der Waals surface area contributed by atoms with Gasteiger partial charge in [0, 0.05) is 0 Å². The van der Waals surface area contributed by atoms with E-state index in [4.69, 9.17) is 9.47 Å². The summed E-state index contributed by atoms with van der Waals surface area (Å²) in [7, 11) is 0. The number of carbonyl (C=O) groups excluding carboxylic acids is 1. The summed E-state index contributed by atoms with van der Waals surface area (Å²) in [4.78, 5) is 13.1. The van der Waals surface area contributed by atoms with E-state index in [0.29, 0.717) is 12.8 Å². The Morgan fingerprint density at radius 1 is 0.500 bits per heavy atom. The van der Waals surface area contributed by atoms with E-state index in [-0.39, 0.29) is 12.8 Å². The number of hydrogen-bond acceptors (Lipinski definition) is 10. The number of aliphatic hydroxyl groups excluding tert-OH is 7. The highest BCUT2D eigenvalue weighted by Crippen LogP contribution is 2.23. The highest BCUT2D eigenvalue weighted by atomic mass is 16.7. The third-order valence-corrected chi connectivity index (χ3v) is 14.0. The lowest BCUT2D eigenvalue weighted by molar-refractivity contribution is -0.303. The predicted octanol–water partition coefficient (Wildman–Crippen LogP) is 11.7. The van der Waals surface area contributed by atoms with Crippen LogP contribution in [-0.2, 0) is 14.3 Å². The van der Waals surface area contributed by atoms with E-state index < -0.39 is 74.2 Å². The molecule has 0 aromatic rings. The van der Waals surface area contributed by atoms with Crippen molar-refractivity contribution in [2.45, 2.75) is 319 Å². The van der Waals surface area contributed by atoms with Crippen LogP contribution in [0.25, 0.3) is 0 Å². The molecular weight excluding hydrogens is 859 g/mol. The summed E-state index contributed by atoms with van der Waals surface area (Å²) in [6, 6.07) is -1.18. The molecule has 1 fully saturated rings. The van der Waals surface area contributed by atoms with Crippen LogP contribution in [0.4, 0.5) is 0 Å². The average Bonchev–Trinajstić information content (AvgIpc) is 3.34. The molecule has 9 atom stereocenters. The topological polar surface area (TPSA) is 189 Å². The summed E-state index contributed by atoms with van der Waals surface area (Å²) >= 11 is 0. The minimum Gasteiger partial charge on any atom is -0.394 e. The number of nitrogens with one attached hydrogen (secondary N) is 1. The SMILES string of the molecule is CCCCCCCCC/C=C/CCCC(O)C(O)C(COC1OC(CO)C(O)C(O)C1O)NC(=O)C(O)CCCCCCCCCCCCCCC/C=C\CCCCCCCCCCCCCC. The van der Waals surface area contributed by atoms with Crippen molar-refractivity contribution in [2.75, 3.05) is 13.2 Å². The normalized spacial score (nSPS) is 20.6. The number of ether oxygens (including phenoxy) is 2. The first-order valence-electron chi connectivity index (χ1n) is 28.7. The van der Waals surface area contributed by atoms with Crippen molar-refractivity contribution in [1.82, 2.24) is 5.32 Å². The molecule has 1 saturated heterocycles. The van der Waals surface area contributed by atoms with Gasteiger partial charge in [0.1, 0.15) is 36.6 Å². The van der Waals surface area contributed by atoms with E-state index >= 15 is 0 Å². The van der Waals surface area contributed by atoms with E-state index in [9.17, 15) is 40.5 Å². The molecule has 11 heteroatoms. The van der Waals surface area contributed by atoms with Gasteiger partial charge in [-0.15, -0.1) is 0 Å². The van der Waals surface area contributed by atoms with Gasteiger partial charge in [0.25, 0.3) is 0 Å². The smallest absolute Gasteiger partial charge is 0.249 e. The third kappa shape index (κ3) is 34.8. The molecule has 0 aromatic heterocycles. The first-order valence-corrected chi connectivity index (χ1v) is 28.7. The van der Waals surface area contributed by atoms with Gasteiger partial charge in [-0.2, -0.15) is 0 Å². The maximum absolute atomic E-state index is 13.1. The Morgan fingerprint density at radius 3 is 1.26 bits per heavy atom. The molecule has 1 aliphatic rings. The number of unbranched alkanes of at least 4 members (excludes halogenated alkanes) is 33. The molecule has 1 aliphatic heterocycles. The molecule has 8 N–H and O–H groups in total. The van der Waals surface area contributed by atoms with Crippen LogP contribution in [0.5, 0.6) is 0 Å². The lowest BCUT2D eigenvalue weighted by atomic mass is 9.98. The van der Waals surface area contributed by atoms with Crippen LogP contribution in [-0.4, -0.2) is 110 Å². The fourth-order valence-electron chi connectivity index (χ4n) is 9.26. The van der Waals surface area contributed by atoms with E-state index in [0.717, 1.165) is 38.5 Å². The second-order valence-electron chi connectivity index (χ2n) is 20.4. The number of aliphatic hydroxyl groups is 7. The van der Waals surface area contributed by atoms with E-state index in [1.807, 2.05) is 0 Å². The zero-order chi connectivity index (χ0) is 49.7. The Hall–Kier alpha value is -1.41. The quantitative estimate of drug-likeness (QED) is 0.0215. The molecule has 0 bridgehead atoms. The van der Waals surface area contributed by atoms with E-state index in [1.54, 1.807) is 0 Å². The monoisotopic (exact) mass is 968 g/mol. The van der Waals surface area contributed by atoms with Gasteiger partial charge in [-0.25, -0.2) is 0 Å². The highest BCUT2D eigenvalue weighted by molar-refractivity contribution is 5.80. The molecule has 0 aromatic carbocycles. The fraction of sp³-hybridized carbons (Fsp3) is 0.912. The number of amides is 1. The molecule has 402 valence electrons. The summed E-state index contributed by atoms with van der Waals surface area (Å²) < 4.78 is 11.1. The van der Waals surface area contributed by atoms with Crippen molar-refractivity contribution in [1.29, 1.82) is 0 Å². The molecule has 0 radical (unpaired) electrons. The third-order valence-electron chi connectivity index (χ3n) is 14.0. The van der Waals surface area contributed by atoms with Crippen LogP contribution < -0.4 is 5.32 Å². The molecular formula is C57H109NO10. The van der Waals surface area contributed by atoms with Crippen molar-refractivity contribution >= 4 is 5.91 Å². The van der Waals surface area contributed by atoms with Gasteiger partial charge in [0.15, 0.2) is 6.29 Å². The van der Waals surface area contributed by atoms with Gasteiger partial charge in [0.05, 0.1) is 25.4 Å². The lowest BCUT2D eigenvalue weighted by Crippen LogP contribution is -2.60. The van der Waals surface area contributed by atoms with Crippen LogP contribution in [0.1, 0.15) is 264 Å². The zero-order valence-corrected chi connectivity index (χ0v) is 43.9. The standard InChI is InChI=1S/C57H109NO10/c1-3-5-7-9-11-13-15-17-18-19-20-21-22-23-24-25-26-27-28-29-30-31-32-33-35-37-39-41-43-45-50(61)56(66)58-48(47-67-57-55(65)54(64)53(63)51(46-59)68-57)52(62)49(60)44-42-40-38-36-34-16-14-12-10-8-6-4-2/h23-24,36,38,48-55,57,59-65H,3-22,25-35,37,39-47H2,1-2H3,(H,58,66)/b24-23-,38-36+. The summed E-state index contributed by atoms with van der Waals surface area (Å²) in [5.74, 6) is -0.705. The molecule has 11 nitrogen and oxygen atoms in total. The Balaban J connectivity index is 2.23. The molecule has 0 spiro atoms. The maximum atomic E-state index is 13.1. The van der Waals surface area contributed by atoms with Crippen LogP contribution in [0, 0.1) is 0 Å². The Kier molecular flexibility index (Phi) is 44.3. The first-order chi connectivity index (χ1) is 33.2. The van der Waals surface area contributed by atoms with Crippen LogP contribution >= 0.6 is 0 Å². The van der Waals surface area contributed by atoms with Crippen LogP contribution in [0.3, 0.4) is 0 Å². The molecule has 68 heavy (non-hydrogen) atoms. The largest absolute Gasteiger partial charge is 0.394 e. The average molecular weight is 968 g/mol. The van der Waals surface area contributed by atoms with E-state index in [1.165, 1.54) is 186 Å². The molecule has 9 unspecified atom stereocenters. The van der Waals surface area contributed by atoms with Crippen LogP contribution in [0.2, 0.25) is 0 Å². The number of carbonyl (C=O) groups is 1. The zero-order valence-electron chi connectivity index (χ0n) is 43.9. The van der Waals surface area contributed by atoms with Crippen molar-refractivity contribution < 1.29 is 50.0 Å². The second-order valence-corrected chi connectivity index (χ2v) is 20.4. The predicted molar refractivity (Wildman–Crippen MR) is 279 cm³/mol. The summed E-state index contributed by atoms with van der Waals surface area (Å²) in [6.07, 6.45) is 44.0. The summed E-state index contributed by atoms with van der Waals surface area (Å²) in [6.45, 7) is 3.44. The minimum absolute atomic E-state index is 0.256. The number of rotatable bonds is 49. The second kappa shape index (κ2) is 46.6. The summed E-state index contributed by atoms with van der Waals surface area (Å²) in [5, 5.41) is 75.9. The first kappa shape index (κ1) is 64.6. The fourth-order valence-corrected chi connectivity index (χ4v) is 9.26. The van der Waals surface area contributed by atoms with Gasteiger partial charge < -0.3 is 50.5 Å². The van der Waals surface area contributed by atoms with Gasteiger partial charge >= 0.3 is 0 Å². The Morgan fingerprint density at radius 2 is 0.868 bits per heavy atom. The molecule has 1 amide bonds.